The molecule has 1 rings (SSSR count). The van der Waals surface area contributed by atoms with Gasteiger partial charge in [-0.3, -0.25) is 5.84 Å². The zero-order chi connectivity index (χ0) is 7.40. The number of nitrogens with two attached hydrogens (primary N) is 1. The van der Waals surface area contributed by atoms with Gasteiger partial charge >= 0.3 is 0 Å². The number of hydrogen-bond donors (Lipinski definition) is 3. The van der Waals surface area contributed by atoms with E-state index in [1.165, 1.54) is 6.21 Å². The fourth-order valence-electron chi connectivity index (χ4n) is 0.658. The predicted molar refractivity (Wildman–Crippen MR) is 41.0 cm³/mol. The Kier molecular flexibility index (Phi) is 2.02. The predicted octanol–water partition coefficient (Wildman–Crippen LogP) is 0.770. The van der Waals surface area contributed by atoms with Gasteiger partial charge in [-0.1, -0.05) is 6.07 Å². The van der Waals surface area contributed by atoms with Crippen molar-refractivity contribution < 1.29 is 0 Å². The van der Waals surface area contributed by atoms with E-state index in [4.69, 9.17) is 11.3 Å². The molecule has 3 nitrogen and oxygen atoms in total. The van der Waals surface area contributed by atoms with Crippen molar-refractivity contribution in [1.82, 2.24) is 0 Å². The number of benzene rings is 1. The van der Waals surface area contributed by atoms with Gasteiger partial charge in [-0.05, 0) is 18.2 Å². The van der Waals surface area contributed by atoms with Gasteiger partial charge in [-0.15, -0.1) is 0 Å². The number of nitrogens with one attached hydrogen (secondary N) is 2. The quantitative estimate of drug-likeness (QED) is 0.318. The maximum Gasteiger partial charge on any atom is 0.0492 e. The Morgan fingerprint density at radius 2 is 2.50 bits per heavy atom. The van der Waals surface area contributed by atoms with Gasteiger partial charge in [-0.25, -0.2) is 0 Å². The highest BCUT2D eigenvalue weighted by molar-refractivity contribution is 5.78. The lowest BCUT2D eigenvalue weighted by molar-refractivity contribution is 1.35. The van der Waals surface area contributed by atoms with Crippen molar-refractivity contribution in [3.05, 3.63) is 29.8 Å². The number of nitrogen functional groups attached to an aromatic ring is 1. The van der Waals surface area contributed by atoms with Crippen molar-refractivity contribution in [2.24, 2.45) is 5.84 Å². The molecule has 0 bridgehead atoms. The smallest absolute Gasteiger partial charge is 0.0492 e. The highest BCUT2D eigenvalue weighted by Crippen LogP contribution is 2.05. The summed E-state index contributed by atoms with van der Waals surface area (Å²) < 4.78 is 0. The standard InChI is InChI=1S/C7H8N3/c8-5-6-2-1-3-7(4-6)10-9/h1,3-5,8,10H,9H2. The molecule has 1 aromatic carbocycles. The third-order valence-corrected chi connectivity index (χ3v) is 1.15. The van der Waals surface area contributed by atoms with Gasteiger partial charge < -0.3 is 10.8 Å². The van der Waals surface area contributed by atoms with Crippen LogP contribution in [0.15, 0.2) is 18.2 Å². The molecule has 0 saturated heterocycles. The topological polar surface area (TPSA) is 61.9 Å². The molecule has 0 amide bonds. The summed E-state index contributed by atoms with van der Waals surface area (Å²) in [5.41, 5.74) is 3.99. The normalized spacial score (nSPS) is 8.90. The SMILES string of the molecule is N=Cc1[c]ccc(NN)c1. The molecule has 0 saturated carbocycles. The molecule has 10 heavy (non-hydrogen) atoms. The monoisotopic (exact) mass is 134 g/mol. The lowest BCUT2D eigenvalue weighted by Gasteiger charge is -1.97. The highest BCUT2D eigenvalue weighted by atomic mass is 15.2. The second-order valence-corrected chi connectivity index (χ2v) is 1.82. The molecule has 1 radical (unpaired) electrons. The molecule has 0 aromatic heterocycles. The Hall–Kier alpha value is -1.35. The number of rotatable bonds is 2. The summed E-state index contributed by atoms with van der Waals surface area (Å²) in [4.78, 5) is 0. The van der Waals surface area contributed by atoms with E-state index in [9.17, 15) is 0 Å². The summed E-state index contributed by atoms with van der Waals surface area (Å²) in [6.07, 6.45) is 1.22. The Balaban J connectivity index is 2.98. The van der Waals surface area contributed by atoms with Crippen molar-refractivity contribution in [3.63, 3.8) is 0 Å². The molecule has 0 heterocycles. The largest absolute Gasteiger partial charge is 0.324 e. The fourth-order valence-corrected chi connectivity index (χ4v) is 0.658. The van der Waals surface area contributed by atoms with Gasteiger partial charge in [0.05, 0.1) is 0 Å². The van der Waals surface area contributed by atoms with Gasteiger partial charge in [0, 0.05) is 17.5 Å². The minimum Gasteiger partial charge on any atom is -0.324 e. The highest BCUT2D eigenvalue weighted by Gasteiger charge is 1.88. The zero-order valence-corrected chi connectivity index (χ0v) is 5.39. The van der Waals surface area contributed by atoms with Gasteiger partial charge in [0.15, 0.2) is 0 Å². The molecule has 0 aliphatic heterocycles. The van der Waals surface area contributed by atoms with Crippen LogP contribution in [0.4, 0.5) is 5.69 Å². The van der Waals surface area contributed by atoms with Gasteiger partial charge in [0.1, 0.15) is 0 Å². The van der Waals surface area contributed by atoms with Gasteiger partial charge in [0.25, 0.3) is 0 Å². The second-order valence-electron chi connectivity index (χ2n) is 1.82. The Bertz CT molecular complexity index is 232. The summed E-state index contributed by atoms with van der Waals surface area (Å²) in [6, 6.07) is 8.10. The minimum atomic E-state index is 0.718. The number of hydrazine groups is 1. The van der Waals surface area contributed by atoms with Crippen molar-refractivity contribution in [2.75, 3.05) is 5.43 Å². The molecule has 4 N–H and O–H groups in total. The maximum atomic E-state index is 6.89. The molecule has 3 heteroatoms. The third kappa shape index (κ3) is 1.33. The molecule has 0 atom stereocenters. The van der Waals surface area contributed by atoms with Crippen LogP contribution >= 0.6 is 0 Å². The summed E-state index contributed by atoms with van der Waals surface area (Å²) >= 11 is 0. The molecule has 51 valence electrons. The summed E-state index contributed by atoms with van der Waals surface area (Å²) in [5.74, 6) is 5.13. The van der Waals surface area contributed by atoms with Crippen LogP contribution in [-0.2, 0) is 0 Å². The van der Waals surface area contributed by atoms with Crippen molar-refractivity contribution in [3.8, 4) is 0 Å². The molecular formula is C7H8N3. The van der Waals surface area contributed by atoms with Crippen LogP contribution in [0.25, 0.3) is 0 Å². The average molecular weight is 134 g/mol. The lowest BCUT2D eigenvalue weighted by atomic mass is 10.2. The fraction of sp³-hybridized carbons (Fsp3) is 0. The van der Waals surface area contributed by atoms with E-state index < -0.39 is 0 Å². The molecule has 0 unspecified atom stereocenters. The zero-order valence-electron chi connectivity index (χ0n) is 5.39. The minimum absolute atomic E-state index is 0.718. The van der Waals surface area contributed by atoms with Crippen LogP contribution in [0.1, 0.15) is 5.56 Å². The summed E-state index contributed by atoms with van der Waals surface area (Å²) in [6.45, 7) is 0. The van der Waals surface area contributed by atoms with E-state index in [-0.39, 0.29) is 0 Å². The second kappa shape index (κ2) is 2.98. The first-order valence-electron chi connectivity index (χ1n) is 2.85. The molecule has 0 aliphatic rings. The first kappa shape index (κ1) is 6.77. The van der Waals surface area contributed by atoms with E-state index in [1.54, 1.807) is 18.2 Å². The van der Waals surface area contributed by atoms with Crippen LogP contribution in [0.5, 0.6) is 0 Å². The number of hydrogen-bond acceptors (Lipinski definition) is 3. The van der Waals surface area contributed by atoms with Crippen molar-refractivity contribution in [1.29, 1.82) is 5.41 Å². The third-order valence-electron chi connectivity index (χ3n) is 1.15. The Morgan fingerprint density at radius 3 is 3.10 bits per heavy atom. The van der Waals surface area contributed by atoms with E-state index in [1.807, 2.05) is 0 Å². The van der Waals surface area contributed by atoms with E-state index in [0.717, 1.165) is 11.3 Å². The molecule has 0 spiro atoms. The maximum absolute atomic E-state index is 6.89. The van der Waals surface area contributed by atoms with Crippen LogP contribution in [0.2, 0.25) is 0 Å². The average Bonchev–Trinajstić information content (AvgIpc) is 2.05. The van der Waals surface area contributed by atoms with Crippen molar-refractivity contribution in [2.45, 2.75) is 0 Å². The molecule has 1 aromatic rings. The van der Waals surface area contributed by atoms with Crippen LogP contribution in [0.3, 0.4) is 0 Å². The lowest BCUT2D eigenvalue weighted by Crippen LogP contribution is -2.06. The summed E-state index contributed by atoms with van der Waals surface area (Å²) in [5, 5.41) is 6.89. The van der Waals surface area contributed by atoms with Gasteiger partial charge in [-0.2, -0.15) is 0 Å². The van der Waals surface area contributed by atoms with E-state index in [0.29, 0.717) is 0 Å². The van der Waals surface area contributed by atoms with E-state index >= 15 is 0 Å². The summed E-state index contributed by atoms with van der Waals surface area (Å²) in [7, 11) is 0. The molecular weight excluding hydrogens is 126 g/mol. The molecule has 0 fully saturated rings. The van der Waals surface area contributed by atoms with Gasteiger partial charge in [0.2, 0.25) is 0 Å². The van der Waals surface area contributed by atoms with Crippen LogP contribution in [0, 0.1) is 11.5 Å². The Morgan fingerprint density at radius 1 is 1.70 bits per heavy atom. The van der Waals surface area contributed by atoms with Crippen LogP contribution < -0.4 is 11.3 Å². The van der Waals surface area contributed by atoms with Crippen LogP contribution in [-0.4, -0.2) is 6.21 Å². The van der Waals surface area contributed by atoms with Crippen molar-refractivity contribution >= 4 is 11.9 Å². The number of anilines is 1. The Labute approximate surface area is 59.3 Å². The van der Waals surface area contributed by atoms with E-state index in [2.05, 4.69) is 11.5 Å². The molecule has 0 aliphatic carbocycles. The first-order valence-corrected chi connectivity index (χ1v) is 2.85. The first-order chi connectivity index (χ1) is 4.86.